The number of nitrogens with one attached hydrogen (secondary N) is 1. The average molecular weight is 387 g/mol. The minimum Gasteiger partial charge on any atom is -0.349 e. The molecule has 0 unspecified atom stereocenters. The third-order valence-corrected chi connectivity index (χ3v) is 4.65. The number of amides is 1. The predicted molar refractivity (Wildman–Crippen MR) is 83.5 cm³/mol. The van der Waals surface area contributed by atoms with Gasteiger partial charge >= 0.3 is 0 Å². The summed E-state index contributed by atoms with van der Waals surface area (Å²) in [7, 11) is 0. The van der Waals surface area contributed by atoms with E-state index in [0.29, 0.717) is 13.2 Å². The van der Waals surface area contributed by atoms with E-state index < -0.39 is 0 Å². The van der Waals surface area contributed by atoms with E-state index in [1.54, 1.807) is 0 Å². The summed E-state index contributed by atoms with van der Waals surface area (Å²) in [5, 5.41) is 3.12. The van der Waals surface area contributed by atoms with E-state index in [1.807, 2.05) is 24.3 Å². The zero-order valence-corrected chi connectivity index (χ0v) is 13.4. The van der Waals surface area contributed by atoms with Gasteiger partial charge in [-0.1, -0.05) is 6.07 Å². The monoisotopic (exact) mass is 387 g/mol. The highest BCUT2D eigenvalue weighted by Gasteiger charge is 2.40. The Bertz CT molecular complexity index is 490. The lowest BCUT2D eigenvalue weighted by Gasteiger charge is -2.35. The van der Waals surface area contributed by atoms with Crippen molar-refractivity contribution in [2.45, 2.75) is 37.5 Å². The molecule has 0 aromatic heterocycles. The normalized spacial score (nSPS) is 22.1. The Hall–Kier alpha value is -0.660. The zero-order chi connectivity index (χ0) is 14.0. The van der Waals surface area contributed by atoms with Gasteiger partial charge in [0.2, 0.25) is 0 Å². The molecule has 2 aliphatic rings. The van der Waals surface area contributed by atoms with Crippen molar-refractivity contribution in [2.24, 2.45) is 0 Å². The van der Waals surface area contributed by atoms with Crippen LogP contribution in [0.4, 0.5) is 0 Å². The molecule has 5 heteroatoms. The van der Waals surface area contributed by atoms with E-state index in [9.17, 15) is 4.79 Å². The van der Waals surface area contributed by atoms with Gasteiger partial charge in [0.05, 0.1) is 13.2 Å². The quantitative estimate of drug-likeness (QED) is 0.794. The van der Waals surface area contributed by atoms with Crippen molar-refractivity contribution < 1.29 is 14.3 Å². The molecule has 1 amide bonds. The summed E-state index contributed by atoms with van der Waals surface area (Å²) in [6.45, 7) is 1.39. The molecule has 2 fully saturated rings. The fraction of sp³-hybridized carbons (Fsp3) is 0.533. The first kappa shape index (κ1) is 14.3. The van der Waals surface area contributed by atoms with E-state index in [-0.39, 0.29) is 17.7 Å². The number of hydrogen-bond donors (Lipinski definition) is 1. The molecular weight excluding hydrogens is 369 g/mol. The number of ether oxygens (including phenoxy) is 2. The average Bonchev–Trinajstić information content (AvgIpc) is 2.90. The maximum absolute atomic E-state index is 12.2. The SMILES string of the molecule is O=C(NC1CCC2(CC1)OCCO2)c1cccc(I)c1. The minimum absolute atomic E-state index is 0.0118. The van der Waals surface area contributed by atoms with Crippen LogP contribution in [0.3, 0.4) is 0 Å². The van der Waals surface area contributed by atoms with Crippen LogP contribution < -0.4 is 5.32 Å². The summed E-state index contributed by atoms with van der Waals surface area (Å²) < 4.78 is 12.5. The van der Waals surface area contributed by atoms with Crippen LogP contribution in [0.1, 0.15) is 36.0 Å². The molecule has 0 radical (unpaired) electrons. The third kappa shape index (κ3) is 3.15. The lowest BCUT2D eigenvalue weighted by Crippen LogP contribution is -2.44. The fourth-order valence-electron chi connectivity index (χ4n) is 2.89. The summed E-state index contributed by atoms with van der Waals surface area (Å²) >= 11 is 2.22. The van der Waals surface area contributed by atoms with Crippen molar-refractivity contribution >= 4 is 28.5 Å². The Morgan fingerprint density at radius 2 is 1.95 bits per heavy atom. The van der Waals surface area contributed by atoms with Gasteiger partial charge in [0.15, 0.2) is 5.79 Å². The second kappa shape index (κ2) is 5.99. The van der Waals surface area contributed by atoms with Gasteiger partial charge in [0.1, 0.15) is 0 Å². The van der Waals surface area contributed by atoms with Gasteiger partial charge in [-0.15, -0.1) is 0 Å². The molecule has 0 atom stereocenters. The fourth-order valence-corrected chi connectivity index (χ4v) is 3.43. The maximum atomic E-state index is 12.2. The first-order chi connectivity index (χ1) is 9.67. The van der Waals surface area contributed by atoms with Crippen LogP contribution in [0.15, 0.2) is 24.3 Å². The van der Waals surface area contributed by atoms with Crippen LogP contribution in [0.2, 0.25) is 0 Å². The van der Waals surface area contributed by atoms with Crippen LogP contribution in [0.5, 0.6) is 0 Å². The van der Waals surface area contributed by atoms with Crippen LogP contribution >= 0.6 is 22.6 Å². The Morgan fingerprint density at radius 1 is 1.25 bits per heavy atom. The standard InChI is InChI=1S/C15H18INO3/c16-12-3-1-2-11(10-12)14(18)17-13-4-6-15(7-5-13)19-8-9-20-15/h1-3,10,13H,4-9H2,(H,17,18). The molecule has 1 saturated carbocycles. The van der Waals surface area contributed by atoms with Gasteiger partial charge in [0.25, 0.3) is 5.91 Å². The highest BCUT2D eigenvalue weighted by molar-refractivity contribution is 14.1. The molecular formula is C15H18INO3. The Morgan fingerprint density at radius 3 is 2.60 bits per heavy atom. The molecule has 1 spiro atoms. The lowest BCUT2D eigenvalue weighted by molar-refractivity contribution is -0.179. The Labute approximate surface area is 132 Å². The number of rotatable bonds is 2. The molecule has 1 aromatic rings. The van der Waals surface area contributed by atoms with Crippen LogP contribution in [0, 0.1) is 3.57 Å². The summed E-state index contributed by atoms with van der Waals surface area (Å²) in [5.74, 6) is -0.346. The maximum Gasteiger partial charge on any atom is 0.251 e. The van der Waals surface area contributed by atoms with Crippen molar-refractivity contribution in [2.75, 3.05) is 13.2 Å². The highest BCUT2D eigenvalue weighted by atomic mass is 127. The molecule has 1 aromatic carbocycles. The number of benzene rings is 1. The highest BCUT2D eigenvalue weighted by Crippen LogP contribution is 2.35. The molecule has 3 rings (SSSR count). The zero-order valence-electron chi connectivity index (χ0n) is 11.2. The summed E-state index contributed by atoms with van der Waals surface area (Å²) in [4.78, 5) is 12.2. The summed E-state index contributed by atoms with van der Waals surface area (Å²) in [6.07, 6.45) is 3.56. The van der Waals surface area contributed by atoms with Gasteiger partial charge in [-0.2, -0.15) is 0 Å². The van der Waals surface area contributed by atoms with Crippen LogP contribution in [-0.2, 0) is 9.47 Å². The number of carbonyl (C=O) groups is 1. The van der Waals surface area contributed by atoms with Crippen molar-refractivity contribution in [3.05, 3.63) is 33.4 Å². The van der Waals surface area contributed by atoms with Gasteiger partial charge in [-0.25, -0.2) is 0 Å². The van der Waals surface area contributed by atoms with Crippen molar-refractivity contribution in [1.29, 1.82) is 0 Å². The molecule has 108 valence electrons. The van der Waals surface area contributed by atoms with Crippen LogP contribution in [0.25, 0.3) is 0 Å². The summed E-state index contributed by atoms with van der Waals surface area (Å²) in [5.41, 5.74) is 0.727. The summed E-state index contributed by atoms with van der Waals surface area (Å²) in [6, 6.07) is 7.87. The first-order valence-electron chi connectivity index (χ1n) is 7.01. The topological polar surface area (TPSA) is 47.6 Å². The van der Waals surface area contributed by atoms with E-state index in [2.05, 4.69) is 27.9 Å². The van der Waals surface area contributed by atoms with Gasteiger partial charge in [-0.3, -0.25) is 4.79 Å². The van der Waals surface area contributed by atoms with E-state index in [1.165, 1.54) is 0 Å². The molecule has 4 nitrogen and oxygen atoms in total. The Balaban J connectivity index is 1.55. The largest absolute Gasteiger partial charge is 0.349 e. The number of carbonyl (C=O) groups excluding carboxylic acids is 1. The third-order valence-electron chi connectivity index (χ3n) is 3.98. The molecule has 1 aliphatic heterocycles. The van der Waals surface area contributed by atoms with Crippen molar-refractivity contribution in [1.82, 2.24) is 5.32 Å². The molecule has 1 heterocycles. The predicted octanol–water partition coefficient (Wildman–Crippen LogP) is 2.71. The van der Waals surface area contributed by atoms with Crippen molar-refractivity contribution in [3.63, 3.8) is 0 Å². The van der Waals surface area contributed by atoms with E-state index in [4.69, 9.17) is 9.47 Å². The lowest BCUT2D eigenvalue weighted by atomic mass is 9.90. The Kier molecular flexibility index (Phi) is 4.28. The van der Waals surface area contributed by atoms with E-state index >= 15 is 0 Å². The van der Waals surface area contributed by atoms with Crippen LogP contribution in [-0.4, -0.2) is 30.9 Å². The second-order valence-electron chi connectivity index (χ2n) is 5.37. The molecule has 1 aliphatic carbocycles. The minimum atomic E-state index is -0.358. The number of halogens is 1. The van der Waals surface area contributed by atoms with Gasteiger partial charge in [-0.05, 0) is 53.6 Å². The van der Waals surface area contributed by atoms with Gasteiger partial charge in [0, 0.05) is 28.0 Å². The van der Waals surface area contributed by atoms with Gasteiger partial charge < -0.3 is 14.8 Å². The van der Waals surface area contributed by atoms with Crippen molar-refractivity contribution in [3.8, 4) is 0 Å². The van der Waals surface area contributed by atoms with E-state index in [0.717, 1.165) is 34.8 Å². The molecule has 0 bridgehead atoms. The molecule has 1 N–H and O–H groups in total. The first-order valence-corrected chi connectivity index (χ1v) is 8.09. The molecule has 20 heavy (non-hydrogen) atoms. The second-order valence-corrected chi connectivity index (χ2v) is 6.61. The smallest absolute Gasteiger partial charge is 0.251 e. The molecule has 1 saturated heterocycles. The number of hydrogen-bond acceptors (Lipinski definition) is 3.